The van der Waals surface area contributed by atoms with Crippen molar-refractivity contribution >= 4 is 23.4 Å². The van der Waals surface area contributed by atoms with E-state index in [0.717, 1.165) is 18.5 Å². The first-order chi connectivity index (χ1) is 11.7. The lowest BCUT2D eigenvalue weighted by molar-refractivity contribution is -0.119. The number of hydrogen-bond acceptors (Lipinski definition) is 3. The minimum atomic E-state index is 0.0769. The molecule has 1 aliphatic heterocycles. The van der Waals surface area contributed by atoms with Crippen molar-refractivity contribution in [3.05, 3.63) is 59.7 Å². The number of fused-ring (bicyclic) bond motifs is 1. The molecule has 1 heterocycles. The van der Waals surface area contributed by atoms with E-state index < -0.39 is 0 Å². The number of hydrogen-bond donors (Lipinski definition) is 1. The first-order valence-electron chi connectivity index (χ1n) is 8.48. The summed E-state index contributed by atoms with van der Waals surface area (Å²) in [5.74, 6) is 0.0769. The molecule has 24 heavy (non-hydrogen) atoms. The van der Waals surface area contributed by atoms with E-state index in [1.165, 1.54) is 16.1 Å². The molecule has 0 saturated carbocycles. The minimum Gasteiger partial charge on any atom is -0.360 e. The molecule has 0 unspecified atom stereocenters. The van der Waals surface area contributed by atoms with Gasteiger partial charge in [0.05, 0.1) is 12.2 Å². The third kappa shape index (κ3) is 4.12. The van der Waals surface area contributed by atoms with Gasteiger partial charge in [0.25, 0.3) is 0 Å². The van der Waals surface area contributed by atoms with Gasteiger partial charge in [-0.3, -0.25) is 4.79 Å². The molecule has 126 valence electrons. The zero-order valence-corrected chi connectivity index (χ0v) is 15.1. The Morgan fingerprint density at radius 3 is 2.88 bits per heavy atom. The van der Waals surface area contributed by atoms with Gasteiger partial charge in [-0.25, -0.2) is 0 Å². The third-order valence-corrected chi connectivity index (χ3v) is 5.70. The molecular weight excluding hydrogens is 316 g/mol. The van der Waals surface area contributed by atoms with Gasteiger partial charge in [0.1, 0.15) is 0 Å². The predicted molar refractivity (Wildman–Crippen MR) is 102 cm³/mol. The van der Waals surface area contributed by atoms with Gasteiger partial charge in [0.2, 0.25) is 5.91 Å². The topological polar surface area (TPSA) is 32.3 Å². The van der Waals surface area contributed by atoms with Crippen LogP contribution in [0.15, 0.2) is 53.4 Å². The molecule has 0 aromatic heterocycles. The highest BCUT2D eigenvalue weighted by molar-refractivity contribution is 8.00. The van der Waals surface area contributed by atoms with Crippen LogP contribution in [-0.2, 0) is 11.3 Å². The van der Waals surface area contributed by atoms with E-state index in [1.54, 1.807) is 0 Å². The van der Waals surface area contributed by atoms with Crippen molar-refractivity contribution < 1.29 is 4.79 Å². The van der Waals surface area contributed by atoms with Crippen LogP contribution in [-0.4, -0.2) is 24.2 Å². The standard InChI is InChI=1S/C20H24N2OS/c1-3-17-13-22(18-9-4-5-10-19(18)24-17)14-20(23)21-12-16-8-6-7-15(2)11-16/h4-11,17H,3,12-14H2,1-2H3,(H,21,23)/t17-/m0/s1. The van der Waals surface area contributed by atoms with Gasteiger partial charge < -0.3 is 10.2 Å². The summed E-state index contributed by atoms with van der Waals surface area (Å²) in [5.41, 5.74) is 3.54. The van der Waals surface area contributed by atoms with Crippen LogP contribution < -0.4 is 10.2 Å². The Balaban J connectivity index is 1.63. The Bertz CT molecular complexity index is 716. The highest BCUT2D eigenvalue weighted by Gasteiger charge is 2.25. The molecule has 2 aromatic rings. The van der Waals surface area contributed by atoms with Gasteiger partial charge >= 0.3 is 0 Å². The largest absolute Gasteiger partial charge is 0.360 e. The zero-order chi connectivity index (χ0) is 16.9. The Morgan fingerprint density at radius 2 is 2.08 bits per heavy atom. The van der Waals surface area contributed by atoms with Crippen LogP contribution in [0.5, 0.6) is 0 Å². The number of anilines is 1. The van der Waals surface area contributed by atoms with Crippen molar-refractivity contribution in [1.29, 1.82) is 0 Å². The number of nitrogens with one attached hydrogen (secondary N) is 1. The maximum absolute atomic E-state index is 12.4. The number of benzene rings is 2. The number of para-hydroxylation sites is 1. The molecule has 0 spiro atoms. The van der Waals surface area contributed by atoms with Gasteiger partial charge in [-0.1, -0.05) is 48.9 Å². The summed E-state index contributed by atoms with van der Waals surface area (Å²) >= 11 is 1.93. The molecule has 0 aliphatic carbocycles. The fraction of sp³-hybridized carbons (Fsp3) is 0.350. The van der Waals surface area contributed by atoms with E-state index in [2.05, 4.69) is 54.4 Å². The fourth-order valence-corrected chi connectivity index (χ4v) is 4.25. The van der Waals surface area contributed by atoms with Crippen LogP contribution >= 0.6 is 11.8 Å². The molecule has 3 rings (SSSR count). The predicted octanol–water partition coefficient (Wildman–Crippen LogP) is 4.00. The second kappa shape index (κ2) is 7.75. The Kier molecular flexibility index (Phi) is 5.46. The zero-order valence-electron chi connectivity index (χ0n) is 14.3. The van der Waals surface area contributed by atoms with Crippen LogP contribution in [0.1, 0.15) is 24.5 Å². The van der Waals surface area contributed by atoms with Gasteiger partial charge in [-0.2, -0.15) is 0 Å². The van der Waals surface area contributed by atoms with Crippen LogP contribution in [0.25, 0.3) is 0 Å². The van der Waals surface area contributed by atoms with E-state index in [0.29, 0.717) is 18.3 Å². The minimum absolute atomic E-state index is 0.0769. The van der Waals surface area contributed by atoms with Crippen LogP contribution in [0, 0.1) is 6.92 Å². The molecule has 2 aromatic carbocycles. The number of amides is 1. The van der Waals surface area contributed by atoms with Crippen molar-refractivity contribution in [3.8, 4) is 0 Å². The molecule has 0 radical (unpaired) electrons. The Labute approximate surface area is 148 Å². The summed E-state index contributed by atoms with van der Waals surface area (Å²) in [5, 5.41) is 3.60. The first-order valence-corrected chi connectivity index (χ1v) is 9.36. The van der Waals surface area contributed by atoms with Gasteiger partial charge in [-0.15, -0.1) is 11.8 Å². The van der Waals surface area contributed by atoms with Crippen LogP contribution in [0.2, 0.25) is 0 Å². The summed E-state index contributed by atoms with van der Waals surface area (Å²) in [6.45, 7) is 6.21. The van der Waals surface area contributed by atoms with Gasteiger partial charge in [-0.05, 0) is 31.0 Å². The van der Waals surface area contributed by atoms with E-state index in [4.69, 9.17) is 0 Å². The first kappa shape index (κ1) is 16.9. The number of thioether (sulfide) groups is 1. The molecule has 0 fully saturated rings. The summed E-state index contributed by atoms with van der Waals surface area (Å²) in [4.78, 5) is 15.9. The summed E-state index contributed by atoms with van der Waals surface area (Å²) in [6, 6.07) is 16.6. The average Bonchev–Trinajstić information content (AvgIpc) is 2.60. The molecule has 1 atom stereocenters. The maximum atomic E-state index is 12.4. The quantitative estimate of drug-likeness (QED) is 0.893. The SMILES string of the molecule is CC[C@H]1CN(CC(=O)NCc2cccc(C)c2)c2ccccc2S1. The van der Waals surface area contributed by atoms with Crippen LogP contribution in [0.4, 0.5) is 5.69 Å². The number of aryl methyl sites for hydroxylation is 1. The normalized spacial score (nSPS) is 16.6. The lowest BCUT2D eigenvalue weighted by Crippen LogP contribution is -2.42. The second-order valence-electron chi connectivity index (χ2n) is 6.26. The number of carbonyl (C=O) groups is 1. The molecule has 1 aliphatic rings. The van der Waals surface area contributed by atoms with Crippen molar-refractivity contribution in [3.63, 3.8) is 0 Å². The summed E-state index contributed by atoms with van der Waals surface area (Å²) in [7, 11) is 0. The van der Waals surface area contributed by atoms with E-state index in [-0.39, 0.29) is 5.91 Å². The Hall–Kier alpha value is -1.94. The van der Waals surface area contributed by atoms with Gasteiger partial charge in [0, 0.05) is 23.2 Å². The number of rotatable bonds is 5. The molecule has 4 heteroatoms. The van der Waals surface area contributed by atoms with E-state index in [9.17, 15) is 4.79 Å². The highest BCUT2D eigenvalue weighted by atomic mass is 32.2. The lowest BCUT2D eigenvalue weighted by atomic mass is 10.1. The fourth-order valence-electron chi connectivity index (χ4n) is 2.99. The maximum Gasteiger partial charge on any atom is 0.239 e. The van der Waals surface area contributed by atoms with Gasteiger partial charge in [0.15, 0.2) is 0 Å². The van der Waals surface area contributed by atoms with Crippen molar-refractivity contribution in [1.82, 2.24) is 5.32 Å². The van der Waals surface area contributed by atoms with E-state index >= 15 is 0 Å². The van der Waals surface area contributed by atoms with Crippen LogP contribution in [0.3, 0.4) is 0 Å². The third-order valence-electron chi connectivity index (χ3n) is 4.29. The van der Waals surface area contributed by atoms with Crippen molar-refractivity contribution in [2.75, 3.05) is 18.0 Å². The molecule has 1 N–H and O–H groups in total. The number of nitrogens with zero attached hydrogens (tertiary/aromatic N) is 1. The lowest BCUT2D eigenvalue weighted by Gasteiger charge is -2.34. The molecule has 0 bridgehead atoms. The smallest absolute Gasteiger partial charge is 0.239 e. The van der Waals surface area contributed by atoms with E-state index in [1.807, 2.05) is 30.0 Å². The molecule has 1 amide bonds. The molecule has 0 saturated heterocycles. The average molecular weight is 340 g/mol. The second-order valence-corrected chi connectivity index (χ2v) is 7.60. The molecule has 3 nitrogen and oxygen atoms in total. The Morgan fingerprint density at radius 1 is 1.25 bits per heavy atom. The molecular formula is C20H24N2OS. The summed E-state index contributed by atoms with van der Waals surface area (Å²) < 4.78 is 0. The van der Waals surface area contributed by atoms with Crippen molar-refractivity contribution in [2.24, 2.45) is 0 Å². The van der Waals surface area contributed by atoms with Crippen molar-refractivity contribution in [2.45, 2.75) is 37.0 Å². The number of carbonyl (C=O) groups excluding carboxylic acids is 1. The monoisotopic (exact) mass is 340 g/mol. The highest BCUT2D eigenvalue weighted by Crippen LogP contribution is 2.39. The summed E-state index contributed by atoms with van der Waals surface area (Å²) in [6.07, 6.45) is 1.11.